The first-order chi connectivity index (χ1) is 6.92. The van der Waals surface area contributed by atoms with Crippen molar-refractivity contribution in [3.63, 3.8) is 0 Å². The summed E-state index contributed by atoms with van der Waals surface area (Å²) in [6.07, 6.45) is 6.43. The monoisotopic (exact) mass is 222 g/mol. The summed E-state index contributed by atoms with van der Waals surface area (Å²) in [5.41, 5.74) is 0. The van der Waals surface area contributed by atoms with Gasteiger partial charge in [-0.2, -0.15) is 0 Å². The topological polar surface area (TPSA) is 17.1 Å². The largest absolute Gasteiger partial charge is 0.299 e. The van der Waals surface area contributed by atoms with Crippen molar-refractivity contribution >= 4 is 13.9 Å². The summed E-state index contributed by atoms with van der Waals surface area (Å²) in [6.45, 7) is 7.24. The standard InChI is InChI=1S/C13H22OSi/c1-15(2,3)13-7-9-4-10(8-13)6-11(5-9)12(13)14/h9-11H,4-8H2,1-3H3. The average molecular weight is 222 g/mol. The van der Waals surface area contributed by atoms with E-state index in [9.17, 15) is 4.79 Å². The zero-order valence-electron chi connectivity index (χ0n) is 10.2. The normalized spacial score (nSPS) is 48.7. The Balaban J connectivity index is 2.05. The molecule has 2 heteroatoms. The molecule has 0 heterocycles. The van der Waals surface area contributed by atoms with Gasteiger partial charge in [-0.3, -0.25) is 4.79 Å². The molecule has 0 aromatic carbocycles. The van der Waals surface area contributed by atoms with Crippen molar-refractivity contribution in [1.82, 2.24) is 0 Å². The molecule has 4 rings (SSSR count). The molecule has 0 radical (unpaired) electrons. The average Bonchev–Trinajstić information content (AvgIpc) is 2.10. The van der Waals surface area contributed by atoms with E-state index < -0.39 is 8.07 Å². The van der Waals surface area contributed by atoms with Gasteiger partial charge in [-0.25, -0.2) is 0 Å². The summed E-state index contributed by atoms with van der Waals surface area (Å²) in [5, 5.41) is 0.196. The van der Waals surface area contributed by atoms with Gasteiger partial charge in [0, 0.05) is 11.0 Å². The number of Topliss-reactive ketones (excluding diaryl/α,β-unsaturated/α-hetero) is 1. The van der Waals surface area contributed by atoms with Crippen LogP contribution in [0.5, 0.6) is 0 Å². The van der Waals surface area contributed by atoms with Crippen LogP contribution in [0.2, 0.25) is 24.7 Å². The summed E-state index contributed by atoms with van der Waals surface area (Å²) in [6, 6.07) is 0. The summed E-state index contributed by atoms with van der Waals surface area (Å²) < 4.78 is 0. The van der Waals surface area contributed by atoms with E-state index in [1.54, 1.807) is 0 Å². The van der Waals surface area contributed by atoms with Gasteiger partial charge in [0.25, 0.3) is 0 Å². The third kappa shape index (κ3) is 1.17. The molecular formula is C13H22OSi. The maximum atomic E-state index is 12.6. The molecule has 4 saturated carbocycles. The molecule has 4 aliphatic carbocycles. The molecule has 4 fully saturated rings. The second-order valence-electron chi connectivity index (χ2n) is 7.24. The SMILES string of the molecule is C[Si](C)(C)C12CC3CC(CC(C3)C1=O)C2. The van der Waals surface area contributed by atoms with E-state index in [0.717, 1.165) is 11.8 Å². The van der Waals surface area contributed by atoms with Gasteiger partial charge in [-0.1, -0.05) is 19.6 Å². The summed E-state index contributed by atoms with van der Waals surface area (Å²) in [4.78, 5) is 12.6. The Morgan fingerprint density at radius 2 is 1.60 bits per heavy atom. The van der Waals surface area contributed by atoms with Crippen molar-refractivity contribution in [2.45, 2.75) is 56.8 Å². The Bertz CT molecular complexity index is 301. The van der Waals surface area contributed by atoms with Gasteiger partial charge in [0.2, 0.25) is 0 Å². The Hall–Kier alpha value is -0.113. The van der Waals surface area contributed by atoms with Crippen molar-refractivity contribution in [2.24, 2.45) is 17.8 Å². The molecule has 84 valence electrons. The predicted molar refractivity (Wildman–Crippen MR) is 64.6 cm³/mol. The van der Waals surface area contributed by atoms with Gasteiger partial charge >= 0.3 is 0 Å². The van der Waals surface area contributed by atoms with Gasteiger partial charge in [0.15, 0.2) is 0 Å². The van der Waals surface area contributed by atoms with E-state index in [4.69, 9.17) is 0 Å². The summed E-state index contributed by atoms with van der Waals surface area (Å²) in [7, 11) is -1.32. The second-order valence-corrected chi connectivity index (χ2v) is 12.7. The Morgan fingerprint density at radius 3 is 2.07 bits per heavy atom. The van der Waals surface area contributed by atoms with Crippen LogP contribution in [0.25, 0.3) is 0 Å². The lowest BCUT2D eigenvalue weighted by molar-refractivity contribution is -0.138. The van der Waals surface area contributed by atoms with Crippen LogP contribution in [0.3, 0.4) is 0 Å². The molecule has 0 aromatic rings. The molecule has 0 spiro atoms. The van der Waals surface area contributed by atoms with Gasteiger partial charge in [0.1, 0.15) is 5.78 Å². The van der Waals surface area contributed by atoms with Gasteiger partial charge in [0.05, 0.1) is 8.07 Å². The van der Waals surface area contributed by atoms with Crippen LogP contribution in [-0.2, 0) is 4.79 Å². The van der Waals surface area contributed by atoms with E-state index in [1.807, 2.05) is 0 Å². The van der Waals surface area contributed by atoms with Crippen LogP contribution in [0.1, 0.15) is 32.1 Å². The Morgan fingerprint density at radius 1 is 1.07 bits per heavy atom. The molecule has 2 atom stereocenters. The number of carbonyl (C=O) groups excluding carboxylic acids is 1. The molecule has 0 N–H and O–H groups in total. The maximum absolute atomic E-state index is 12.6. The molecule has 0 aromatic heterocycles. The molecule has 2 unspecified atom stereocenters. The molecule has 4 bridgehead atoms. The number of carbonyl (C=O) groups is 1. The molecule has 15 heavy (non-hydrogen) atoms. The first-order valence-corrected chi connectivity index (χ1v) is 9.97. The molecule has 0 saturated heterocycles. The number of hydrogen-bond acceptors (Lipinski definition) is 1. The van der Waals surface area contributed by atoms with E-state index in [0.29, 0.717) is 11.7 Å². The number of ketones is 1. The zero-order valence-corrected chi connectivity index (χ0v) is 11.2. The molecule has 4 aliphatic rings. The third-order valence-electron chi connectivity index (χ3n) is 5.45. The number of rotatable bonds is 1. The fourth-order valence-corrected chi connectivity index (χ4v) is 7.50. The van der Waals surface area contributed by atoms with Crippen molar-refractivity contribution in [2.75, 3.05) is 0 Å². The smallest absolute Gasteiger partial charge is 0.139 e. The van der Waals surface area contributed by atoms with E-state index in [-0.39, 0.29) is 5.04 Å². The van der Waals surface area contributed by atoms with E-state index >= 15 is 0 Å². The highest BCUT2D eigenvalue weighted by atomic mass is 28.3. The van der Waals surface area contributed by atoms with E-state index in [2.05, 4.69) is 19.6 Å². The molecular weight excluding hydrogens is 200 g/mol. The molecule has 0 amide bonds. The van der Waals surface area contributed by atoms with Crippen LogP contribution in [0.15, 0.2) is 0 Å². The maximum Gasteiger partial charge on any atom is 0.139 e. The predicted octanol–water partition coefficient (Wildman–Crippen LogP) is 3.47. The first kappa shape index (κ1) is 10.1. The van der Waals surface area contributed by atoms with Gasteiger partial charge in [-0.05, 0) is 43.9 Å². The first-order valence-electron chi connectivity index (χ1n) is 6.47. The third-order valence-corrected chi connectivity index (χ3v) is 8.98. The lowest BCUT2D eigenvalue weighted by Crippen LogP contribution is -2.58. The van der Waals surface area contributed by atoms with Crippen molar-refractivity contribution in [3.05, 3.63) is 0 Å². The molecule has 1 nitrogen and oxygen atoms in total. The quantitative estimate of drug-likeness (QED) is 0.621. The fraction of sp³-hybridized carbons (Fsp3) is 0.923. The fourth-order valence-electron chi connectivity index (χ4n) is 4.76. The van der Waals surface area contributed by atoms with Gasteiger partial charge < -0.3 is 0 Å². The summed E-state index contributed by atoms with van der Waals surface area (Å²) in [5.74, 6) is 2.98. The van der Waals surface area contributed by atoms with Crippen molar-refractivity contribution in [1.29, 1.82) is 0 Å². The lowest BCUT2D eigenvalue weighted by Gasteiger charge is -2.59. The summed E-state index contributed by atoms with van der Waals surface area (Å²) >= 11 is 0. The van der Waals surface area contributed by atoms with Crippen LogP contribution in [-0.4, -0.2) is 13.9 Å². The molecule has 0 aliphatic heterocycles. The minimum absolute atomic E-state index is 0.196. The number of hydrogen-bond donors (Lipinski definition) is 0. The van der Waals surface area contributed by atoms with Crippen LogP contribution < -0.4 is 0 Å². The highest BCUT2D eigenvalue weighted by molar-refractivity contribution is 6.82. The van der Waals surface area contributed by atoms with Crippen LogP contribution in [0.4, 0.5) is 0 Å². The zero-order chi connectivity index (χ0) is 10.8. The van der Waals surface area contributed by atoms with Crippen molar-refractivity contribution < 1.29 is 4.79 Å². The minimum atomic E-state index is -1.32. The second kappa shape index (κ2) is 2.76. The highest BCUT2D eigenvalue weighted by Crippen LogP contribution is 2.65. The van der Waals surface area contributed by atoms with Crippen LogP contribution in [0, 0.1) is 17.8 Å². The van der Waals surface area contributed by atoms with E-state index in [1.165, 1.54) is 32.1 Å². The lowest BCUT2D eigenvalue weighted by atomic mass is 9.55. The van der Waals surface area contributed by atoms with Crippen LogP contribution >= 0.6 is 0 Å². The minimum Gasteiger partial charge on any atom is -0.299 e. The van der Waals surface area contributed by atoms with Crippen molar-refractivity contribution in [3.8, 4) is 0 Å². The van der Waals surface area contributed by atoms with Gasteiger partial charge in [-0.15, -0.1) is 0 Å². The Kier molecular flexibility index (Phi) is 1.85. The Labute approximate surface area is 93.6 Å². The highest BCUT2D eigenvalue weighted by Gasteiger charge is 2.61.